The average molecular weight is 294 g/mol. The summed E-state index contributed by atoms with van der Waals surface area (Å²) >= 11 is 4.95. The summed E-state index contributed by atoms with van der Waals surface area (Å²) in [6, 6.07) is 11.6. The Labute approximate surface area is 106 Å². The molecule has 0 N–H and O–H groups in total. The largest absolute Gasteiger partial charge is 0.298 e. The van der Waals surface area contributed by atoms with E-state index >= 15 is 0 Å². The van der Waals surface area contributed by atoms with Gasteiger partial charge in [-0.15, -0.1) is 0 Å². The van der Waals surface area contributed by atoms with Crippen molar-refractivity contribution in [1.29, 1.82) is 0 Å². The van der Waals surface area contributed by atoms with Gasteiger partial charge in [-0.25, -0.2) is 4.98 Å². The molecule has 2 aromatic rings. The quantitative estimate of drug-likeness (QED) is 0.806. The van der Waals surface area contributed by atoms with Gasteiger partial charge in [0.15, 0.2) is 6.29 Å². The Morgan fingerprint density at radius 2 is 1.88 bits per heavy atom. The van der Waals surface area contributed by atoms with Gasteiger partial charge in [0.1, 0.15) is 5.03 Å². The summed E-state index contributed by atoms with van der Waals surface area (Å²) in [4.78, 5) is 15.8. The lowest BCUT2D eigenvalue weighted by molar-refractivity contribution is 0.112. The van der Waals surface area contributed by atoms with Gasteiger partial charge in [-0.05, 0) is 36.4 Å². The molecule has 0 aliphatic rings. The fourth-order valence-corrected chi connectivity index (χ4v) is 2.16. The van der Waals surface area contributed by atoms with Gasteiger partial charge in [0.05, 0.1) is 0 Å². The predicted octanol–water partition coefficient (Wildman–Crippen LogP) is 3.81. The number of pyridine rings is 1. The number of rotatable bonds is 3. The molecule has 0 aliphatic carbocycles. The van der Waals surface area contributed by atoms with Crippen LogP contribution in [-0.4, -0.2) is 11.3 Å². The van der Waals surface area contributed by atoms with Crippen LogP contribution in [-0.2, 0) is 0 Å². The second-order valence-electron chi connectivity index (χ2n) is 3.10. The van der Waals surface area contributed by atoms with Crippen LogP contribution in [0.15, 0.2) is 57.0 Å². The Kier molecular flexibility index (Phi) is 3.74. The van der Waals surface area contributed by atoms with E-state index in [1.165, 1.54) is 0 Å². The maximum Gasteiger partial charge on any atom is 0.151 e. The molecule has 1 aromatic carbocycles. The summed E-state index contributed by atoms with van der Waals surface area (Å²) in [6.45, 7) is 0. The monoisotopic (exact) mass is 293 g/mol. The van der Waals surface area contributed by atoms with Crippen molar-refractivity contribution in [2.45, 2.75) is 9.92 Å². The Hall–Kier alpha value is -1.13. The second-order valence-corrected chi connectivity index (χ2v) is 5.11. The van der Waals surface area contributed by atoms with Crippen molar-refractivity contribution >= 4 is 34.0 Å². The molecule has 0 bridgehead atoms. The van der Waals surface area contributed by atoms with Crippen molar-refractivity contribution in [2.24, 2.45) is 0 Å². The highest BCUT2D eigenvalue weighted by molar-refractivity contribution is 9.10. The first-order valence-electron chi connectivity index (χ1n) is 4.62. The number of nitrogens with zero attached hydrogens (tertiary/aromatic N) is 1. The summed E-state index contributed by atoms with van der Waals surface area (Å²) in [6.07, 6.45) is 2.37. The Morgan fingerprint density at radius 1 is 1.12 bits per heavy atom. The lowest BCUT2D eigenvalue weighted by atomic mass is 10.3. The van der Waals surface area contributed by atoms with Gasteiger partial charge in [0, 0.05) is 21.1 Å². The van der Waals surface area contributed by atoms with Crippen molar-refractivity contribution in [2.75, 3.05) is 0 Å². The molecule has 2 rings (SSSR count). The molecule has 1 aromatic heterocycles. The van der Waals surface area contributed by atoms with Crippen LogP contribution in [0.1, 0.15) is 10.4 Å². The van der Waals surface area contributed by atoms with Crippen LogP contribution in [0.3, 0.4) is 0 Å². The van der Waals surface area contributed by atoms with Crippen LogP contribution >= 0.6 is 27.7 Å². The smallest absolute Gasteiger partial charge is 0.151 e. The third-order valence-corrected chi connectivity index (χ3v) is 3.42. The molecule has 80 valence electrons. The second kappa shape index (κ2) is 5.27. The maximum absolute atomic E-state index is 10.5. The van der Waals surface area contributed by atoms with E-state index in [0.29, 0.717) is 5.56 Å². The molecule has 0 spiro atoms. The topological polar surface area (TPSA) is 30.0 Å². The molecule has 0 aliphatic heterocycles. The van der Waals surface area contributed by atoms with E-state index < -0.39 is 0 Å². The summed E-state index contributed by atoms with van der Waals surface area (Å²) in [5, 5.41) is 0.882. The van der Waals surface area contributed by atoms with Gasteiger partial charge >= 0.3 is 0 Å². The normalized spacial score (nSPS) is 10.1. The molecule has 0 saturated heterocycles. The minimum atomic E-state index is 0.597. The summed E-state index contributed by atoms with van der Waals surface area (Å²) < 4.78 is 1.06. The first-order chi connectivity index (χ1) is 7.78. The van der Waals surface area contributed by atoms with E-state index in [4.69, 9.17) is 0 Å². The molecular formula is C12H8BrNOS. The number of carbonyl (C=O) groups excluding carboxylic acids is 1. The van der Waals surface area contributed by atoms with Crippen molar-refractivity contribution in [3.8, 4) is 0 Å². The van der Waals surface area contributed by atoms with E-state index in [1.807, 2.05) is 30.3 Å². The Bertz CT molecular complexity index is 481. The summed E-state index contributed by atoms with van der Waals surface area (Å²) in [7, 11) is 0. The van der Waals surface area contributed by atoms with E-state index in [-0.39, 0.29) is 0 Å². The molecule has 4 heteroatoms. The minimum absolute atomic E-state index is 0.597. The van der Waals surface area contributed by atoms with Crippen molar-refractivity contribution < 1.29 is 4.79 Å². The zero-order chi connectivity index (χ0) is 11.4. The molecule has 0 atom stereocenters. The van der Waals surface area contributed by atoms with Gasteiger partial charge in [-0.3, -0.25) is 4.79 Å². The maximum atomic E-state index is 10.5. The Morgan fingerprint density at radius 3 is 2.44 bits per heavy atom. The molecule has 2 nitrogen and oxygen atoms in total. The van der Waals surface area contributed by atoms with E-state index in [2.05, 4.69) is 20.9 Å². The highest BCUT2D eigenvalue weighted by Gasteiger charge is 1.99. The van der Waals surface area contributed by atoms with Gasteiger partial charge in [0.2, 0.25) is 0 Å². The predicted molar refractivity (Wildman–Crippen MR) is 67.9 cm³/mol. The first-order valence-corrected chi connectivity index (χ1v) is 6.23. The lowest BCUT2D eigenvalue weighted by Gasteiger charge is -2.00. The van der Waals surface area contributed by atoms with Gasteiger partial charge in [-0.1, -0.05) is 27.7 Å². The summed E-state index contributed by atoms with van der Waals surface area (Å²) in [5.74, 6) is 0. The van der Waals surface area contributed by atoms with E-state index in [9.17, 15) is 4.79 Å². The fraction of sp³-hybridized carbons (Fsp3) is 0. The Balaban J connectivity index is 2.14. The standard InChI is InChI=1S/C12H8BrNOS/c13-10-2-4-11(5-3-10)16-12-6-1-9(8-15)7-14-12/h1-8H. The minimum Gasteiger partial charge on any atom is -0.298 e. The van der Waals surface area contributed by atoms with Gasteiger partial charge in [-0.2, -0.15) is 0 Å². The number of carbonyl (C=O) groups is 1. The number of aldehydes is 1. The van der Waals surface area contributed by atoms with Crippen LogP contribution in [0.4, 0.5) is 0 Å². The van der Waals surface area contributed by atoms with Crippen molar-refractivity contribution in [1.82, 2.24) is 4.98 Å². The zero-order valence-corrected chi connectivity index (χ0v) is 10.7. The third-order valence-electron chi connectivity index (χ3n) is 1.93. The molecule has 0 amide bonds. The third kappa shape index (κ3) is 2.93. The van der Waals surface area contributed by atoms with Crippen LogP contribution in [0.5, 0.6) is 0 Å². The zero-order valence-electron chi connectivity index (χ0n) is 8.26. The van der Waals surface area contributed by atoms with Crippen molar-refractivity contribution in [3.05, 3.63) is 52.6 Å². The molecular weight excluding hydrogens is 286 g/mol. The number of benzene rings is 1. The molecule has 0 fully saturated rings. The highest BCUT2D eigenvalue weighted by Crippen LogP contribution is 2.26. The van der Waals surface area contributed by atoms with E-state index in [0.717, 1.165) is 20.7 Å². The van der Waals surface area contributed by atoms with E-state index in [1.54, 1.807) is 24.0 Å². The van der Waals surface area contributed by atoms with Gasteiger partial charge in [0.25, 0.3) is 0 Å². The fourth-order valence-electron chi connectivity index (χ4n) is 1.15. The summed E-state index contributed by atoms with van der Waals surface area (Å²) in [5.41, 5.74) is 0.597. The molecule has 0 unspecified atom stereocenters. The van der Waals surface area contributed by atoms with Crippen LogP contribution in [0.2, 0.25) is 0 Å². The number of halogens is 1. The van der Waals surface area contributed by atoms with Crippen LogP contribution in [0.25, 0.3) is 0 Å². The molecule has 0 radical (unpaired) electrons. The molecule has 16 heavy (non-hydrogen) atoms. The van der Waals surface area contributed by atoms with Gasteiger partial charge < -0.3 is 0 Å². The number of aromatic nitrogens is 1. The molecule has 0 saturated carbocycles. The lowest BCUT2D eigenvalue weighted by Crippen LogP contribution is -1.83. The number of hydrogen-bond acceptors (Lipinski definition) is 3. The van der Waals surface area contributed by atoms with Crippen molar-refractivity contribution in [3.63, 3.8) is 0 Å². The average Bonchev–Trinajstić information content (AvgIpc) is 2.33. The molecule has 1 heterocycles. The first kappa shape index (κ1) is 11.4. The van der Waals surface area contributed by atoms with Crippen LogP contribution < -0.4 is 0 Å². The highest BCUT2D eigenvalue weighted by atomic mass is 79.9. The number of hydrogen-bond donors (Lipinski definition) is 0. The van der Waals surface area contributed by atoms with Crippen LogP contribution in [0, 0.1) is 0 Å². The SMILES string of the molecule is O=Cc1ccc(Sc2ccc(Br)cc2)nc1.